The third-order valence-electron chi connectivity index (χ3n) is 4.46. The molecule has 0 N–H and O–H groups in total. The maximum Gasteiger partial charge on any atom is 0.00835 e. The zero-order valence-electron chi connectivity index (χ0n) is 10.2. The summed E-state index contributed by atoms with van der Waals surface area (Å²) < 4.78 is 0. The number of hydrogen-bond acceptors (Lipinski definition) is 1. The molecule has 2 aliphatic rings. The first kappa shape index (κ1) is 10.3. The fourth-order valence-corrected chi connectivity index (χ4v) is 3.79. The molecule has 1 aromatic rings. The molecule has 3 rings (SSSR count). The van der Waals surface area contributed by atoms with E-state index in [4.69, 9.17) is 0 Å². The predicted molar refractivity (Wildman–Crippen MR) is 67.8 cm³/mol. The lowest BCUT2D eigenvalue weighted by molar-refractivity contribution is 0.157. The highest BCUT2D eigenvalue weighted by molar-refractivity contribution is 5.37. The zero-order valence-corrected chi connectivity index (χ0v) is 10.2. The highest BCUT2D eigenvalue weighted by Gasteiger charge is 2.38. The SMILES string of the molecule is CN1CCC[C@]2(CCCc3ccccc32)C1. The van der Waals surface area contributed by atoms with E-state index in [1.807, 2.05) is 0 Å². The first-order chi connectivity index (χ1) is 7.80. The van der Waals surface area contributed by atoms with Crippen LogP contribution in [-0.2, 0) is 11.8 Å². The molecule has 16 heavy (non-hydrogen) atoms. The number of benzene rings is 1. The molecule has 0 aromatic heterocycles. The van der Waals surface area contributed by atoms with Crippen LogP contribution >= 0.6 is 0 Å². The minimum atomic E-state index is 0.488. The van der Waals surface area contributed by atoms with Gasteiger partial charge in [0.25, 0.3) is 0 Å². The Hall–Kier alpha value is -0.820. The van der Waals surface area contributed by atoms with Gasteiger partial charge in [-0.15, -0.1) is 0 Å². The minimum absolute atomic E-state index is 0.488. The molecule has 0 saturated carbocycles. The van der Waals surface area contributed by atoms with E-state index in [0.29, 0.717) is 5.41 Å². The average molecular weight is 215 g/mol. The first-order valence-corrected chi connectivity index (χ1v) is 6.57. The summed E-state index contributed by atoms with van der Waals surface area (Å²) in [5.74, 6) is 0. The Balaban J connectivity index is 2.02. The van der Waals surface area contributed by atoms with Gasteiger partial charge in [0.15, 0.2) is 0 Å². The van der Waals surface area contributed by atoms with Crippen molar-refractivity contribution < 1.29 is 0 Å². The quantitative estimate of drug-likeness (QED) is 0.643. The van der Waals surface area contributed by atoms with Crippen molar-refractivity contribution in [1.82, 2.24) is 4.90 Å². The third kappa shape index (κ3) is 1.58. The van der Waals surface area contributed by atoms with Crippen LogP contribution in [0.5, 0.6) is 0 Å². The van der Waals surface area contributed by atoms with Crippen molar-refractivity contribution in [3.05, 3.63) is 35.4 Å². The molecule has 0 bridgehead atoms. The smallest absolute Gasteiger partial charge is 0.00835 e. The maximum atomic E-state index is 2.52. The summed E-state index contributed by atoms with van der Waals surface area (Å²) in [6, 6.07) is 9.14. The van der Waals surface area contributed by atoms with E-state index < -0.39 is 0 Å². The molecule has 1 spiro atoms. The molecule has 0 unspecified atom stereocenters. The second-order valence-corrected chi connectivity index (χ2v) is 5.63. The predicted octanol–water partition coefficient (Wildman–Crippen LogP) is 2.99. The molecule has 1 fully saturated rings. The lowest BCUT2D eigenvalue weighted by atomic mass is 9.66. The highest BCUT2D eigenvalue weighted by atomic mass is 15.1. The number of piperidine rings is 1. The fraction of sp³-hybridized carbons (Fsp3) is 0.600. The van der Waals surface area contributed by atoms with Gasteiger partial charge in [-0.1, -0.05) is 24.3 Å². The number of aryl methyl sites for hydroxylation is 1. The monoisotopic (exact) mass is 215 g/mol. The summed E-state index contributed by atoms with van der Waals surface area (Å²) in [5, 5.41) is 0. The molecule has 1 heterocycles. The summed E-state index contributed by atoms with van der Waals surface area (Å²) >= 11 is 0. The summed E-state index contributed by atoms with van der Waals surface area (Å²) in [4.78, 5) is 2.52. The standard InChI is InChI=1S/C15H21N/c1-16-11-5-10-15(12-16)9-4-7-13-6-2-3-8-14(13)15/h2-3,6,8H,4-5,7,9-12H2,1H3/t15-/m1/s1. The minimum Gasteiger partial charge on any atom is -0.305 e. The van der Waals surface area contributed by atoms with Crippen LogP contribution in [0.15, 0.2) is 24.3 Å². The zero-order chi connectivity index (χ0) is 11.0. The van der Waals surface area contributed by atoms with Gasteiger partial charge in [-0.2, -0.15) is 0 Å². The molecule has 1 aliphatic carbocycles. The summed E-state index contributed by atoms with van der Waals surface area (Å²) in [7, 11) is 2.28. The molecule has 1 atom stereocenters. The van der Waals surface area contributed by atoms with Gasteiger partial charge in [-0.05, 0) is 56.8 Å². The normalized spacial score (nSPS) is 30.3. The van der Waals surface area contributed by atoms with E-state index in [9.17, 15) is 0 Å². The van der Waals surface area contributed by atoms with Crippen LogP contribution in [0.2, 0.25) is 0 Å². The number of fused-ring (bicyclic) bond motifs is 2. The van der Waals surface area contributed by atoms with Crippen molar-refractivity contribution in [2.75, 3.05) is 20.1 Å². The number of rotatable bonds is 0. The molecule has 0 radical (unpaired) electrons. The summed E-state index contributed by atoms with van der Waals surface area (Å²) in [6.45, 7) is 2.55. The van der Waals surface area contributed by atoms with Crippen LogP contribution in [0.4, 0.5) is 0 Å². The van der Waals surface area contributed by atoms with Crippen molar-refractivity contribution >= 4 is 0 Å². The van der Waals surface area contributed by atoms with Gasteiger partial charge in [0.05, 0.1) is 0 Å². The van der Waals surface area contributed by atoms with E-state index in [1.54, 1.807) is 11.1 Å². The van der Waals surface area contributed by atoms with Gasteiger partial charge in [0.1, 0.15) is 0 Å². The van der Waals surface area contributed by atoms with Crippen molar-refractivity contribution in [2.45, 2.75) is 37.5 Å². The Labute approximate surface area is 98.5 Å². The van der Waals surface area contributed by atoms with E-state index in [1.165, 1.54) is 45.2 Å². The van der Waals surface area contributed by atoms with Crippen LogP contribution in [0.1, 0.15) is 36.8 Å². The van der Waals surface area contributed by atoms with E-state index >= 15 is 0 Å². The van der Waals surface area contributed by atoms with Crippen LogP contribution in [-0.4, -0.2) is 25.0 Å². The molecule has 1 saturated heterocycles. The van der Waals surface area contributed by atoms with Gasteiger partial charge in [0.2, 0.25) is 0 Å². The largest absolute Gasteiger partial charge is 0.305 e. The molecule has 1 aliphatic heterocycles. The lowest BCUT2D eigenvalue weighted by Crippen LogP contribution is -2.46. The summed E-state index contributed by atoms with van der Waals surface area (Å²) in [5.41, 5.74) is 3.76. The van der Waals surface area contributed by atoms with Gasteiger partial charge in [0, 0.05) is 12.0 Å². The van der Waals surface area contributed by atoms with Crippen molar-refractivity contribution in [1.29, 1.82) is 0 Å². The Morgan fingerprint density at radius 1 is 1.12 bits per heavy atom. The average Bonchev–Trinajstić information content (AvgIpc) is 2.30. The van der Waals surface area contributed by atoms with Crippen LogP contribution in [0, 0.1) is 0 Å². The second-order valence-electron chi connectivity index (χ2n) is 5.63. The molecule has 86 valence electrons. The van der Waals surface area contributed by atoms with Crippen LogP contribution in [0.3, 0.4) is 0 Å². The molecule has 1 nitrogen and oxygen atoms in total. The number of nitrogens with zero attached hydrogens (tertiary/aromatic N) is 1. The van der Waals surface area contributed by atoms with Crippen molar-refractivity contribution in [3.63, 3.8) is 0 Å². The van der Waals surface area contributed by atoms with Gasteiger partial charge >= 0.3 is 0 Å². The number of likely N-dealkylation sites (tertiary alicyclic amines) is 1. The van der Waals surface area contributed by atoms with Crippen LogP contribution < -0.4 is 0 Å². The molecule has 1 aromatic carbocycles. The number of hydrogen-bond donors (Lipinski definition) is 0. The van der Waals surface area contributed by atoms with Crippen molar-refractivity contribution in [2.24, 2.45) is 0 Å². The summed E-state index contributed by atoms with van der Waals surface area (Å²) in [6.07, 6.45) is 6.83. The van der Waals surface area contributed by atoms with Gasteiger partial charge in [-0.3, -0.25) is 0 Å². The maximum absolute atomic E-state index is 2.52. The van der Waals surface area contributed by atoms with Crippen molar-refractivity contribution in [3.8, 4) is 0 Å². The Morgan fingerprint density at radius 2 is 1.94 bits per heavy atom. The topological polar surface area (TPSA) is 3.24 Å². The third-order valence-corrected chi connectivity index (χ3v) is 4.46. The Morgan fingerprint density at radius 3 is 2.81 bits per heavy atom. The Kier molecular flexibility index (Phi) is 2.51. The van der Waals surface area contributed by atoms with Crippen LogP contribution in [0.25, 0.3) is 0 Å². The molecule has 0 amide bonds. The van der Waals surface area contributed by atoms with E-state index in [0.717, 1.165) is 0 Å². The highest BCUT2D eigenvalue weighted by Crippen LogP contribution is 2.43. The number of likely N-dealkylation sites (N-methyl/N-ethyl adjacent to an activating group) is 1. The van der Waals surface area contributed by atoms with Gasteiger partial charge in [-0.25, -0.2) is 0 Å². The fourth-order valence-electron chi connectivity index (χ4n) is 3.79. The first-order valence-electron chi connectivity index (χ1n) is 6.57. The van der Waals surface area contributed by atoms with E-state index in [-0.39, 0.29) is 0 Å². The lowest BCUT2D eigenvalue weighted by Gasteiger charge is -2.45. The van der Waals surface area contributed by atoms with E-state index in [2.05, 4.69) is 36.2 Å². The molecular formula is C15H21N. The van der Waals surface area contributed by atoms with Gasteiger partial charge < -0.3 is 4.90 Å². The molecule has 1 heteroatoms. The Bertz CT molecular complexity index is 385. The molecular weight excluding hydrogens is 194 g/mol. The second kappa shape index (κ2) is 3.89.